The van der Waals surface area contributed by atoms with Crippen LogP contribution in [-0.2, 0) is 0 Å². The lowest BCUT2D eigenvalue weighted by Crippen LogP contribution is -2.11. The number of anilines is 9. The van der Waals surface area contributed by atoms with Crippen molar-refractivity contribution >= 4 is 146 Å². The van der Waals surface area contributed by atoms with Crippen molar-refractivity contribution in [3.63, 3.8) is 0 Å². The molecule has 3 heterocycles. The first-order valence-electron chi connectivity index (χ1n) is 16.6. The molecule has 0 saturated heterocycles. The van der Waals surface area contributed by atoms with Crippen molar-refractivity contribution in [3.05, 3.63) is 127 Å². The van der Waals surface area contributed by atoms with E-state index in [-0.39, 0.29) is 0 Å². The zero-order valence-corrected chi connectivity index (χ0v) is 29.5. The molecule has 10 aromatic rings. The molecule has 0 saturated carbocycles. The Morgan fingerprint density at radius 2 is 0.588 bits per heavy atom. The van der Waals surface area contributed by atoms with Gasteiger partial charge in [0, 0.05) is 46.4 Å². The largest absolute Gasteiger partial charge is 0.395 e. The third-order valence-corrected chi connectivity index (χ3v) is 13.3. The zero-order chi connectivity index (χ0) is 34.2. The first kappa shape index (κ1) is 29.9. The summed E-state index contributed by atoms with van der Waals surface area (Å²) < 4.78 is 7.04. The molecule has 0 unspecified atom stereocenters. The maximum atomic E-state index is 7.12. The normalized spacial score (nSPS) is 11.8. The Morgan fingerprint density at radius 3 is 0.902 bits per heavy atom. The number of fused-ring (bicyclic) bond motifs is 9. The van der Waals surface area contributed by atoms with Crippen LogP contribution in [0.1, 0.15) is 0 Å². The summed E-state index contributed by atoms with van der Waals surface area (Å²) in [5.41, 5.74) is 27.2. The van der Waals surface area contributed by atoms with Crippen LogP contribution < -0.4 is 33.2 Å². The Bertz CT molecular complexity index is 2670. The molecule has 9 N–H and O–H groups in total. The van der Waals surface area contributed by atoms with Crippen molar-refractivity contribution in [2.75, 3.05) is 33.2 Å². The number of thiophene rings is 3. The van der Waals surface area contributed by atoms with Crippen molar-refractivity contribution in [2.24, 2.45) is 0 Å². The second kappa shape index (κ2) is 11.5. The van der Waals surface area contributed by atoms with E-state index in [1.807, 2.05) is 0 Å². The van der Waals surface area contributed by atoms with Gasteiger partial charge >= 0.3 is 0 Å². The van der Waals surface area contributed by atoms with Crippen LogP contribution in [0.2, 0.25) is 0 Å². The molecule has 0 aliphatic heterocycles. The van der Waals surface area contributed by atoms with Crippen LogP contribution in [0.25, 0.3) is 60.5 Å². The number of nitrogens with one attached hydrogen (secondary N) is 3. The van der Waals surface area contributed by atoms with Gasteiger partial charge in [0.15, 0.2) is 0 Å². The van der Waals surface area contributed by atoms with Crippen LogP contribution in [0.15, 0.2) is 127 Å². The van der Waals surface area contributed by atoms with E-state index in [0.717, 1.165) is 31.2 Å². The molecule has 3 aromatic heterocycles. The van der Waals surface area contributed by atoms with E-state index in [1.54, 1.807) is 34.0 Å². The van der Waals surface area contributed by atoms with Crippen molar-refractivity contribution < 1.29 is 0 Å². The minimum Gasteiger partial charge on any atom is -0.395 e. The molecular weight excluding hydrogens is 685 g/mol. The van der Waals surface area contributed by atoms with Crippen molar-refractivity contribution in [2.45, 2.75) is 0 Å². The highest BCUT2D eigenvalue weighted by atomic mass is 32.1. The minimum atomic E-state index is 0.437. The molecule has 0 atom stereocenters. The van der Waals surface area contributed by atoms with Crippen molar-refractivity contribution in [1.29, 1.82) is 0 Å². The van der Waals surface area contributed by atoms with Crippen LogP contribution in [0.4, 0.5) is 51.2 Å². The summed E-state index contributed by atoms with van der Waals surface area (Å²) in [6.45, 7) is 0. The summed E-state index contributed by atoms with van der Waals surface area (Å²) >= 11 is 5.24. The van der Waals surface area contributed by atoms with E-state index in [4.69, 9.17) is 17.2 Å². The molecule has 0 aliphatic rings. The Labute approximate surface area is 304 Å². The van der Waals surface area contributed by atoms with E-state index in [1.165, 1.54) is 46.4 Å². The average Bonchev–Trinajstić information content (AvgIpc) is 3.86. The van der Waals surface area contributed by atoms with Gasteiger partial charge in [-0.15, -0.1) is 34.0 Å². The van der Waals surface area contributed by atoms with Gasteiger partial charge in [-0.2, -0.15) is 0 Å². The van der Waals surface area contributed by atoms with E-state index in [2.05, 4.69) is 143 Å². The highest BCUT2D eigenvalue weighted by Gasteiger charge is 2.23. The fourth-order valence-corrected chi connectivity index (χ4v) is 10.7. The van der Waals surface area contributed by atoms with Crippen LogP contribution in [0.3, 0.4) is 0 Å². The number of rotatable bonds is 6. The van der Waals surface area contributed by atoms with E-state index in [0.29, 0.717) is 34.1 Å². The molecule has 7 aromatic carbocycles. The molecule has 0 bridgehead atoms. The molecule has 0 fully saturated rings. The number of nitrogens with two attached hydrogens (primary N) is 3. The van der Waals surface area contributed by atoms with Gasteiger partial charge in [-0.1, -0.05) is 91.0 Å². The molecule has 246 valence electrons. The second-order valence-corrected chi connectivity index (χ2v) is 15.7. The lowest BCUT2D eigenvalue weighted by Gasteiger charge is -2.24. The third kappa shape index (κ3) is 4.66. The van der Waals surface area contributed by atoms with Crippen LogP contribution in [-0.4, -0.2) is 0 Å². The Kier molecular flexibility index (Phi) is 6.75. The Balaban J connectivity index is 1.17. The molecule has 6 nitrogen and oxygen atoms in total. The highest BCUT2D eigenvalue weighted by molar-refractivity contribution is 7.27. The van der Waals surface area contributed by atoms with Gasteiger partial charge in [-0.25, -0.2) is 0 Å². The first-order chi connectivity index (χ1) is 25.0. The predicted octanol–water partition coefficient (Wildman–Crippen LogP) is 12.8. The van der Waals surface area contributed by atoms with Gasteiger partial charge in [0.25, 0.3) is 0 Å². The molecular formula is C42H30N6S3. The Hall–Kier alpha value is -6.00. The monoisotopic (exact) mass is 714 g/mol. The molecule has 0 amide bonds. The summed E-state index contributed by atoms with van der Waals surface area (Å²) in [4.78, 5) is 0. The third-order valence-electron chi connectivity index (χ3n) is 9.61. The van der Waals surface area contributed by atoms with Crippen LogP contribution >= 0.6 is 34.0 Å². The van der Waals surface area contributed by atoms with Gasteiger partial charge in [0.05, 0.1) is 65.3 Å². The lowest BCUT2D eigenvalue weighted by atomic mass is 10.1. The van der Waals surface area contributed by atoms with Crippen LogP contribution in [0, 0.1) is 0 Å². The maximum Gasteiger partial charge on any atom is 0.0896 e. The topological polar surface area (TPSA) is 114 Å². The van der Waals surface area contributed by atoms with E-state index < -0.39 is 0 Å². The molecule has 10 rings (SSSR count). The lowest BCUT2D eigenvalue weighted by molar-refractivity contribution is 1.51. The van der Waals surface area contributed by atoms with Crippen molar-refractivity contribution in [3.8, 4) is 0 Å². The summed E-state index contributed by atoms with van der Waals surface area (Å²) in [5.74, 6) is 0. The van der Waals surface area contributed by atoms with Gasteiger partial charge in [0.1, 0.15) is 0 Å². The molecule has 0 spiro atoms. The smallest absolute Gasteiger partial charge is 0.0896 e. The van der Waals surface area contributed by atoms with Crippen LogP contribution in [0.5, 0.6) is 0 Å². The van der Waals surface area contributed by atoms with Gasteiger partial charge < -0.3 is 33.2 Å². The molecule has 0 radical (unpaired) electrons. The Morgan fingerprint density at radius 1 is 0.314 bits per heavy atom. The van der Waals surface area contributed by atoms with Crippen molar-refractivity contribution in [1.82, 2.24) is 0 Å². The minimum absolute atomic E-state index is 0.437. The summed E-state index contributed by atoms with van der Waals surface area (Å²) in [7, 11) is 0. The fourth-order valence-electron chi connectivity index (χ4n) is 7.16. The molecule has 51 heavy (non-hydrogen) atoms. The summed E-state index contributed by atoms with van der Waals surface area (Å²) in [6.07, 6.45) is 0. The number of nitrogen functional groups attached to an aromatic ring is 3. The molecule has 9 heteroatoms. The number of hydrogen-bond donors (Lipinski definition) is 6. The molecule has 0 aliphatic carbocycles. The number of hydrogen-bond acceptors (Lipinski definition) is 9. The first-order valence-corrected chi connectivity index (χ1v) is 19.0. The zero-order valence-electron chi connectivity index (χ0n) is 27.1. The average molecular weight is 715 g/mol. The predicted molar refractivity (Wildman–Crippen MR) is 228 cm³/mol. The standard InChI is InChI=1S/C42H30N6S3/c43-34-37(46-28-16-7-13-25-22-10-1-4-19-31(22)49-40(25)28)35(44)39(48-30-18-9-15-27-24-12-3-6-21-33(24)51-42(27)30)36(45)38(34)47-29-17-8-14-26-23-11-2-5-20-32(23)50-41(26)29/h1-21,46-48H,43-45H2. The van der Waals surface area contributed by atoms with Gasteiger partial charge in [-0.05, 0) is 36.4 Å². The fraction of sp³-hybridized carbons (Fsp3) is 0. The van der Waals surface area contributed by atoms with E-state index >= 15 is 0 Å². The SMILES string of the molecule is Nc1c(Nc2cccc3c2sc2ccccc23)c(N)c(Nc2cccc3c2sc2ccccc23)c(N)c1Nc1cccc2c1sc1ccccc12. The maximum absolute atomic E-state index is 7.12. The van der Waals surface area contributed by atoms with Gasteiger partial charge in [-0.3, -0.25) is 0 Å². The van der Waals surface area contributed by atoms with Gasteiger partial charge in [0.2, 0.25) is 0 Å². The summed E-state index contributed by atoms with van der Waals surface area (Å²) in [6, 6.07) is 44.3. The van der Waals surface area contributed by atoms with E-state index in [9.17, 15) is 0 Å². The second-order valence-electron chi connectivity index (χ2n) is 12.6. The number of benzene rings is 7. The highest BCUT2D eigenvalue weighted by Crippen LogP contribution is 2.51. The quantitative estimate of drug-likeness (QED) is 0.0956. The summed E-state index contributed by atoms with van der Waals surface area (Å²) in [5, 5.41) is 18.2.